The number of rotatable bonds is 8. The molecule has 0 fully saturated rings. The molecule has 0 aliphatic rings. The first-order valence-corrected chi connectivity index (χ1v) is 11.4. The molecule has 0 aliphatic carbocycles. The number of nitrogens with zero attached hydrogens (tertiary/aromatic N) is 1. The molecule has 0 spiro atoms. The topological polar surface area (TPSA) is 75.7 Å². The van der Waals surface area contributed by atoms with Crippen molar-refractivity contribution in [2.45, 2.75) is 18.4 Å². The zero-order valence-electron chi connectivity index (χ0n) is 17.2. The van der Waals surface area contributed by atoms with Gasteiger partial charge in [-0.2, -0.15) is 0 Å². The highest BCUT2D eigenvalue weighted by molar-refractivity contribution is 7.92. The fraction of sp³-hybridized carbons (Fsp3) is 0.174. The molecule has 0 heterocycles. The highest BCUT2D eigenvalue weighted by Crippen LogP contribution is 2.26. The van der Waals surface area contributed by atoms with E-state index in [2.05, 4.69) is 5.32 Å². The highest BCUT2D eigenvalue weighted by atomic mass is 35.5. The van der Waals surface area contributed by atoms with Crippen LogP contribution in [0.4, 0.5) is 5.69 Å². The first kappa shape index (κ1) is 22.7. The normalized spacial score (nSPS) is 11.1. The third-order valence-corrected chi connectivity index (χ3v) is 6.66. The van der Waals surface area contributed by atoms with Gasteiger partial charge in [0.2, 0.25) is 5.91 Å². The summed E-state index contributed by atoms with van der Waals surface area (Å²) in [5.74, 6) is 0.112. The molecule has 0 saturated heterocycles. The largest absolute Gasteiger partial charge is 0.497 e. The van der Waals surface area contributed by atoms with Gasteiger partial charge in [-0.15, -0.1) is 0 Å². The lowest BCUT2D eigenvalue weighted by atomic mass is 10.1. The number of carbonyl (C=O) groups is 1. The van der Waals surface area contributed by atoms with Crippen LogP contribution in [0.1, 0.15) is 11.1 Å². The lowest BCUT2D eigenvalue weighted by Gasteiger charge is -2.24. The molecule has 3 aromatic carbocycles. The van der Waals surface area contributed by atoms with Crippen molar-refractivity contribution in [1.82, 2.24) is 5.32 Å². The summed E-state index contributed by atoms with van der Waals surface area (Å²) in [5, 5.41) is 3.26. The molecular weight excluding hydrogens is 436 g/mol. The first-order chi connectivity index (χ1) is 14.8. The number of halogens is 1. The predicted octanol–water partition coefficient (Wildman–Crippen LogP) is 4.17. The van der Waals surface area contributed by atoms with Crippen molar-refractivity contribution in [3.8, 4) is 5.75 Å². The Kier molecular flexibility index (Phi) is 7.20. The third-order valence-electron chi connectivity index (χ3n) is 4.62. The van der Waals surface area contributed by atoms with Crippen LogP contribution in [-0.4, -0.2) is 28.0 Å². The van der Waals surface area contributed by atoms with Crippen molar-refractivity contribution in [2.75, 3.05) is 18.0 Å². The number of benzene rings is 3. The molecule has 162 valence electrons. The number of amides is 1. The molecule has 8 heteroatoms. The molecular formula is C23H23ClN2O4S. The van der Waals surface area contributed by atoms with Gasteiger partial charge in [-0.1, -0.05) is 41.4 Å². The maximum Gasteiger partial charge on any atom is 0.264 e. The van der Waals surface area contributed by atoms with Crippen LogP contribution in [0, 0.1) is 6.92 Å². The Morgan fingerprint density at radius 2 is 1.71 bits per heavy atom. The van der Waals surface area contributed by atoms with Gasteiger partial charge in [0.15, 0.2) is 0 Å². The average Bonchev–Trinajstić information content (AvgIpc) is 2.77. The number of ether oxygens (including phenoxy) is 1. The molecule has 0 saturated carbocycles. The SMILES string of the molecule is COc1ccc(S(=O)(=O)N(CC(=O)NCc2cccc(C)c2)c2ccc(Cl)cc2)cc1. The molecule has 6 nitrogen and oxygen atoms in total. The fourth-order valence-corrected chi connectivity index (χ4v) is 4.55. The monoisotopic (exact) mass is 458 g/mol. The van der Waals surface area contributed by atoms with Gasteiger partial charge in [0, 0.05) is 11.6 Å². The lowest BCUT2D eigenvalue weighted by Crippen LogP contribution is -2.40. The van der Waals surface area contributed by atoms with E-state index in [0.717, 1.165) is 15.4 Å². The summed E-state index contributed by atoms with van der Waals surface area (Å²) in [6.07, 6.45) is 0. The first-order valence-electron chi connectivity index (χ1n) is 9.54. The van der Waals surface area contributed by atoms with Gasteiger partial charge in [-0.3, -0.25) is 9.10 Å². The van der Waals surface area contributed by atoms with Crippen LogP contribution in [0.2, 0.25) is 5.02 Å². The summed E-state index contributed by atoms with van der Waals surface area (Å²) >= 11 is 5.96. The van der Waals surface area contributed by atoms with E-state index in [-0.39, 0.29) is 11.4 Å². The van der Waals surface area contributed by atoms with Crippen molar-refractivity contribution in [2.24, 2.45) is 0 Å². The quantitative estimate of drug-likeness (QED) is 0.549. The summed E-state index contributed by atoms with van der Waals surface area (Å²) < 4.78 is 32.9. The number of hydrogen-bond acceptors (Lipinski definition) is 4. The van der Waals surface area contributed by atoms with Crippen LogP contribution in [0.3, 0.4) is 0 Å². The molecule has 31 heavy (non-hydrogen) atoms. The Labute approximate surface area is 187 Å². The molecule has 0 bridgehead atoms. The van der Waals surface area contributed by atoms with Gasteiger partial charge in [0.05, 0.1) is 17.7 Å². The smallest absolute Gasteiger partial charge is 0.264 e. The maximum atomic E-state index is 13.3. The number of carbonyl (C=O) groups excluding carboxylic acids is 1. The van der Waals surface area contributed by atoms with Crippen LogP contribution in [0.25, 0.3) is 0 Å². The van der Waals surface area contributed by atoms with E-state index in [1.165, 1.54) is 19.2 Å². The summed E-state index contributed by atoms with van der Waals surface area (Å²) in [6, 6.07) is 20.0. The summed E-state index contributed by atoms with van der Waals surface area (Å²) in [4.78, 5) is 12.7. The fourth-order valence-electron chi connectivity index (χ4n) is 3.01. The minimum Gasteiger partial charge on any atom is -0.497 e. The van der Waals surface area contributed by atoms with E-state index in [9.17, 15) is 13.2 Å². The van der Waals surface area contributed by atoms with Gasteiger partial charge in [-0.05, 0) is 61.0 Å². The van der Waals surface area contributed by atoms with Gasteiger partial charge < -0.3 is 10.1 Å². The minimum atomic E-state index is -4.00. The molecule has 3 aromatic rings. The van der Waals surface area contributed by atoms with E-state index in [4.69, 9.17) is 16.3 Å². The van der Waals surface area contributed by atoms with Gasteiger partial charge in [-0.25, -0.2) is 8.42 Å². The summed E-state index contributed by atoms with van der Waals surface area (Å²) in [6.45, 7) is 1.90. The van der Waals surface area contributed by atoms with E-state index in [1.54, 1.807) is 36.4 Å². The van der Waals surface area contributed by atoms with Crippen LogP contribution in [0.5, 0.6) is 5.75 Å². The second-order valence-electron chi connectivity index (χ2n) is 6.93. The predicted molar refractivity (Wildman–Crippen MR) is 122 cm³/mol. The van der Waals surface area contributed by atoms with Crippen molar-refractivity contribution in [3.63, 3.8) is 0 Å². The van der Waals surface area contributed by atoms with Crippen molar-refractivity contribution in [3.05, 3.63) is 88.9 Å². The van der Waals surface area contributed by atoms with Gasteiger partial charge in [0.1, 0.15) is 12.3 Å². The Balaban J connectivity index is 1.85. The van der Waals surface area contributed by atoms with Crippen LogP contribution >= 0.6 is 11.6 Å². The van der Waals surface area contributed by atoms with Crippen LogP contribution in [0.15, 0.2) is 77.7 Å². The zero-order chi connectivity index (χ0) is 22.4. The van der Waals surface area contributed by atoms with Crippen LogP contribution in [-0.2, 0) is 21.4 Å². The molecule has 0 unspecified atom stereocenters. The van der Waals surface area contributed by atoms with Gasteiger partial charge >= 0.3 is 0 Å². The molecule has 0 atom stereocenters. The lowest BCUT2D eigenvalue weighted by molar-refractivity contribution is -0.119. The average molecular weight is 459 g/mol. The standard InChI is InChI=1S/C23H23ClN2O4S/c1-17-4-3-5-18(14-17)15-25-23(27)16-26(20-8-6-19(24)7-9-20)31(28,29)22-12-10-21(30-2)11-13-22/h3-14H,15-16H2,1-2H3,(H,25,27). The number of anilines is 1. The third kappa shape index (κ3) is 5.77. The Morgan fingerprint density at radius 1 is 1.03 bits per heavy atom. The minimum absolute atomic E-state index is 0.0507. The molecule has 0 aromatic heterocycles. The number of hydrogen-bond donors (Lipinski definition) is 1. The number of nitrogens with one attached hydrogen (secondary N) is 1. The van der Waals surface area contributed by atoms with E-state index in [0.29, 0.717) is 23.0 Å². The molecule has 0 aliphatic heterocycles. The van der Waals surface area contributed by atoms with Crippen molar-refractivity contribution >= 4 is 33.2 Å². The van der Waals surface area contributed by atoms with Crippen molar-refractivity contribution < 1.29 is 17.9 Å². The van der Waals surface area contributed by atoms with E-state index < -0.39 is 15.9 Å². The number of aryl methyl sites for hydroxylation is 1. The second kappa shape index (κ2) is 9.85. The summed E-state index contributed by atoms with van der Waals surface area (Å²) in [7, 11) is -2.50. The maximum absolute atomic E-state index is 13.3. The highest BCUT2D eigenvalue weighted by Gasteiger charge is 2.27. The zero-order valence-corrected chi connectivity index (χ0v) is 18.8. The van der Waals surface area contributed by atoms with E-state index in [1.807, 2.05) is 31.2 Å². The van der Waals surface area contributed by atoms with Crippen molar-refractivity contribution in [1.29, 1.82) is 0 Å². The van der Waals surface area contributed by atoms with E-state index >= 15 is 0 Å². The summed E-state index contributed by atoms with van der Waals surface area (Å²) in [5.41, 5.74) is 2.35. The van der Waals surface area contributed by atoms with Crippen LogP contribution < -0.4 is 14.4 Å². The molecule has 1 amide bonds. The molecule has 0 radical (unpaired) electrons. The Morgan fingerprint density at radius 3 is 2.32 bits per heavy atom. The Hall–Kier alpha value is -3.03. The second-order valence-corrected chi connectivity index (χ2v) is 9.23. The number of sulfonamides is 1. The van der Waals surface area contributed by atoms with Gasteiger partial charge in [0.25, 0.3) is 10.0 Å². The molecule has 3 rings (SSSR count). The molecule has 1 N–H and O–H groups in total. The Bertz CT molecular complexity index is 1150. The number of methoxy groups -OCH3 is 1.